The van der Waals surface area contributed by atoms with Crippen molar-refractivity contribution in [1.29, 1.82) is 0 Å². The summed E-state index contributed by atoms with van der Waals surface area (Å²) in [5, 5.41) is 2.51. The Balaban J connectivity index is 2.20. The third-order valence-electron chi connectivity index (χ3n) is 2.88. The Kier molecular flexibility index (Phi) is 8.12. The molecular weight excluding hydrogens is 270 g/mol. The van der Waals surface area contributed by atoms with E-state index >= 15 is 0 Å². The van der Waals surface area contributed by atoms with Gasteiger partial charge >= 0.3 is 5.97 Å². The van der Waals surface area contributed by atoms with Gasteiger partial charge in [0.25, 0.3) is 0 Å². The Bertz CT molecular complexity index is 433. The second-order valence-electron chi connectivity index (χ2n) is 4.73. The molecule has 0 aliphatic heterocycles. The fraction of sp³-hybridized carbons (Fsp3) is 0.500. The first-order valence-corrected chi connectivity index (χ1v) is 7.22. The van der Waals surface area contributed by atoms with Gasteiger partial charge in [0.1, 0.15) is 12.6 Å². The highest BCUT2D eigenvalue weighted by atomic mass is 16.5. The van der Waals surface area contributed by atoms with Crippen LogP contribution in [0, 0.1) is 0 Å². The molecule has 1 atom stereocenters. The number of rotatable bonds is 9. The van der Waals surface area contributed by atoms with E-state index in [0.717, 1.165) is 18.4 Å². The lowest BCUT2D eigenvalue weighted by atomic mass is 10.2. The molecule has 0 saturated carbocycles. The van der Waals surface area contributed by atoms with Gasteiger partial charge in [0.05, 0.1) is 13.2 Å². The second-order valence-corrected chi connectivity index (χ2v) is 4.73. The van der Waals surface area contributed by atoms with E-state index in [2.05, 4.69) is 5.32 Å². The molecule has 1 unspecified atom stereocenters. The maximum atomic E-state index is 11.8. The first kappa shape index (κ1) is 17.2. The molecule has 0 radical (unpaired) electrons. The normalized spacial score (nSPS) is 11.7. The fourth-order valence-corrected chi connectivity index (χ4v) is 1.56. The number of unbranched alkanes of at least 4 members (excludes halogenated alkanes) is 1. The molecule has 1 amide bonds. The fourth-order valence-electron chi connectivity index (χ4n) is 1.56. The van der Waals surface area contributed by atoms with Crippen LogP contribution in [0.3, 0.4) is 0 Å². The molecule has 21 heavy (non-hydrogen) atoms. The highest BCUT2D eigenvalue weighted by molar-refractivity contribution is 5.84. The van der Waals surface area contributed by atoms with Gasteiger partial charge in [0.15, 0.2) is 0 Å². The average molecular weight is 293 g/mol. The molecule has 5 heteroatoms. The molecule has 5 nitrogen and oxygen atoms in total. The summed E-state index contributed by atoms with van der Waals surface area (Å²) >= 11 is 0. The third kappa shape index (κ3) is 7.46. The number of carbonyl (C=O) groups excluding carboxylic acids is 2. The zero-order valence-electron chi connectivity index (χ0n) is 12.6. The summed E-state index contributed by atoms with van der Waals surface area (Å²) in [6, 6.07) is 9.60. The minimum absolute atomic E-state index is 0.123. The molecule has 0 heterocycles. The summed E-state index contributed by atoms with van der Waals surface area (Å²) in [6.45, 7) is 4.30. The topological polar surface area (TPSA) is 64.6 Å². The van der Waals surface area contributed by atoms with Crippen molar-refractivity contribution in [3.63, 3.8) is 0 Å². The van der Waals surface area contributed by atoms with E-state index in [9.17, 15) is 9.59 Å². The first-order valence-electron chi connectivity index (χ1n) is 7.22. The molecule has 0 spiro atoms. The van der Waals surface area contributed by atoms with E-state index in [1.54, 1.807) is 6.92 Å². The predicted molar refractivity (Wildman–Crippen MR) is 79.6 cm³/mol. The van der Waals surface area contributed by atoms with E-state index in [4.69, 9.17) is 9.47 Å². The summed E-state index contributed by atoms with van der Waals surface area (Å²) in [5.41, 5.74) is 0.996. The molecule has 116 valence electrons. The van der Waals surface area contributed by atoms with Crippen molar-refractivity contribution in [2.45, 2.75) is 39.4 Å². The minimum atomic E-state index is -0.617. The second kappa shape index (κ2) is 9.94. The van der Waals surface area contributed by atoms with Crippen molar-refractivity contribution in [1.82, 2.24) is 5.32 Å². The first-order chi connectivity index (χ1) is 10.1. The van der Waals surface area contributed by atoms with Gasteiger partial charge in [0.2, 0.25) is 5.91 Å². The van der Waals surface area contributed by atoms with Crippen LogP contribution in [0.2, 0.25) is 0 Å². The zero-order chi connectivity index (χ0) is 15.5. The van der Waals surface area contributed by atoms with Crippen LogP contribution in [0.25, 0.3) is 0 Å². The van der Waals surface area contributed by atoms with Gasteiger partial charge in [0, 0.05) is 0 Å². The van der Waals surface area contributed by atoms with Gasteiger partial charge in [-0.15, -0.1) is 0 Å². The number of nitrogens with one attached hydrogen (secondary N) is 1. The summed E-state index contributed by atoms with van der Waals surface area (Å²) in [4.78, 5) is 23.1. The number of esters is 1. The number of benzene rings is 1. The number of carbonyl (C=O) groups is 2. The van der Waals surface area contributed by atoms with Gasteiger partial charge in [-0.2, -0.15) is 0 Å². The van der Waals surface area contributed by atoms with Crippen LogP contribution in [0.15, 0.2) is 30.3 Å². The lowest BCUT2D eigenvalue weighted by Gasteiger charge is -2.13. The van der Waals surface area contributed by atoms with Gasteiger partial charge in [-0.05, 0) is 18.9 Å². The van der Waals surface area contributed by atoms with Crippen molar-refractivity contribution in [2.75, 3.05) is 13.2 Å². The molecular formula is C16H23NO4. The molecule has 0 aliphatic carbocycles. The Labute approximate surface area is 125 Å². The largest absolute Gasteiger partial charge is 0.464 e. The quantitative estimate of drug-likeness (QED) is 0.559. The molecule has 1 rings (SSSR count). The summed E-state index contributed by atoms with van der Waals surface area (Å²) in [6.07, 6.45) is 1.17. The highest BCUT2D eigenvalue weighted by Gasteiger charge is 2.14. The molecule has 1 aromatic carbocycles. The molecule has 1 N–H and O–H groups in total. The van der Waals surface area contributed by atoms with Crippen LogP contribution in [-0.4, -0.2) is 31.1 Å². The molecule has 0 aromatic heterocycles. The van der Waals surface area contributed by atoms with E-state index in [1.165, 1.54) is 0 Å². The monoisotopic (exact) mass is 293 g/mol. The molecule has 0 fully saturated rings. The Morgan fingerprint density at radius 1 is 1.24 bits per heavy atom. The van der Waals surface area contributed by atoms with Crippen LogP contribution >= 0.6 is 0 Å². The van der Waals surface area contributed by atoms with Crippen LogP contribution in [0.4, 0.5) is 0 Å². The van der Waals surface area contributed by atoms with Crippen LogP contribution < -0.4 is 5.32 Å². The van der Waals surface area contributed by atoms with E-state index in [1.807, 2.05) is 37.3 Å². The number of ether oxygens (including phenoxy) is 2. The van der Waals surface area contributed by atoms with Gasteiger partial charge in [-0.25, -0.2) is 0 Å². The minimum Gasteiger partial charge on any atom is -0.464 e. The maximum absolute atomic E-state index is 11.8. The van der Waals surface area contributed by atoms with E-state index in [0.29, 0.717) is 13.2 Å². The van der Waals surface area contributed by atoms with Crippen molar-refractivity contribution in [3.05, 3.63) is 35.9 Å². The van der Waals surface area contributed by atoms with Crippen LogP contribution in [-0.2, 0) is 25.7 Å². The summed E-state index contributed by atoms with van der Waals surface area (Å²) in [7, 11) is 0. The number of hydrogen-bond acceptors (Lipinski definition) is 4. The summed E-state index contributed by atoms with van der Waals surface area (Å²) in [5.74, 6) is -0.745. The average Bonchev–Trinajstić information content (AvgIpc) is 2.51. The molecule has 0 bridgehead atoms. The predicted octanol–water partition coefficient (Wildman–Crippen LogP) is 2.05. The molecule has 0 aliphatic rings. The van der Waals surface area contributed by atoms with Crippen LogP contribution in [0.1, 0.15) is 32.3 Å². The zero-order valence-corrected chi connectivity index (χ0v) is 12.6. The van der Waals surface area contributed by atoms with Crippen LogP contribution in [0.5, 0.6) is 0 Å². The lowest BCUT2D eigenvalue weighted by molar-refractivity contribution is -0.145. The molecule has 1 aromatic rings. The maximum Gasteiger partial charge on any atom is 0.325 e. The Hall–Kier alpha value is -1.88. The SMILES string of the molecule is CCCCOC(=O)CNC(=O)C(C)OCc1ccccc1. The Morgan fingerprint density at radius 2 is 1.95 bits per heavy atom. The smallest absolute Gasteiger partial charge is 0.325 e. The highest BCUT2D eigenvalue weighted by Crippen LogP contribution is 2.03. The third-order valence-corrected chi connectivity index (χ3v) is 2.88. The number of amides is 1. The Morgan fingerprint density at radius 3 is 2.62 bits per heavy atom. The van der Waals surface area contributed by atoms with Crippen molar-refractivity contribution in [3.8, 4) is 0 Å². The lowest BCUT2D eigenvalue weighted by Crippen LogP contribution is -2.38. The summed E-state index contributed by atoms with van der Waals surface area (Å²) < 4.78 is 10.4. The number of hydrogen-bond donors (Lipinski definition) is 1. The van der Waals surface area contributed by atoms with Gasteiger partial charge in [-0.1, -0.05) is 43.7 Å². The van der Waals surface area contributed by atoms with Crippen molar-refractivity contribution >= 4 is 11.9 Å². The van der Waals surface area contributed by atoms with Crippen molar-refractivity contribution < 1.29 is 19.1 Å². The van der Waals surface area contributed by atoms with E-state index < -0.39 is 12.1 Å². The van der Waals surface area contributed by atoms with Gasteiger partial charge < -0.3 is 14.8 Å². The van der Waals surface area contributed by atoms with E-state index in [-0.39, 0.29) is 12.5 Å². The standard InChI is InChI=1S/C16H23NO4/c1-3-4-10-20-15(18)11-17-16(19)13(2)21-12-14-8-6-5-7-9-14/h5-9,13H,3-4,10-12H2,1-2H3,(H,17,19). The molecule has 0 saturated heterocycles. The van der Waals surface area contributed by atoms with Gasteiger partial charge in [-0.3, -0.25) is 9.59 Å². The van der Waals surface area contributed by atoms with Crippen molar-refractivity contribution in [2.24, 2.45) is 0 Å².